The van der Waals surface area contributed by atoms with Crippen LogP contribution < -0.4 is 4.74 Å². The van der Waals surface area contributed by atoms with Gasteiger partial charge in [0.15, 0.2) is 11.5 Å². The largest absolute Gasteiger partial charge is 0.494 e. The van der Waals surface area contributed by atoms with Crippen LogP contribution >= 0.6 is 11.6 Å². The highest BCUT2D eigenvalue weighted by Gasteiger charge is 2.11. The molecular weight excluding hydrogens is 268 g/mol. The van der Waals surface area contributed by atoms with E-state index in [-0.39, 0.29) is 16.7 Å². The van der Waals surface area contributed by atoms with E-state index < -0.39 is 5.97 Å². The Balaban J connectivity index is 2.46. The van der Waals surface area contributed by atoms with Crippen LogP contribution in [0, 0.1) is 0 Å². The van der Waals surface area contributed by atoms with Gasteiger partial charge < -0.3 is 9.84 Å². The number of ether oxygens (including phenoxy) is 1. The van der Waals surface area contributed by atoms with Gasteiger partial charge in [-0.05, 0) is 19.1 Å². The molecule has 1 aromatic carbocycles. The summed E-state index contributed by atoms with van der Waals surface area (Å²) >= 11 is 5.80. The average Bonchev–Trinajstić information content (AvgIpc) is 2.38. The van der Waals surface area contributed by atoms with E-state index in [1.807, 2.05) is 6.92 Å². The molecule has 0 fully saturated rings. The molecule has 2 aromatic rings. The quantitative estimate of drug-likeness (QED) is 0.871. The predicted octanol–water partition coefficient (Wildman–Crippen LogP) is 2.89. The summed E-state index contributed by atoms with van der Waals surface area (Å²) in [5, 5.41) is 9.03. The van der Waals surface area contributed by atoms with Gasteiger partial charge in [-0.3, -0.25) is 0 Å². The maximum absolute atomic E-state index is 10.9. The third kappa shape index (κ3) is 3.20. The minimum absolute atomic E-state index is 0.0872. The number of rotatable bonds is 4. The molecule has 0 aliphatic carbocycles. The highest BCUT2D eigenvalue weighted by atomic mass is 35.5. The SMILES string of the molecule is CCOc1cccc(-c2nc(Cl)cc(C(=O)O)n2)c1. The number of nitrogens with zero attached hydrogens (tertiary/aromatic N) is 2. The smallest absolute Gasteiger partial charge is 0.354 e. The Morgan fingerprint density at radius 2 is 2.16 bits per heavy atom. The van der Waals surface area contributed by atoms with E-state index in [9.17, 15) is 4.79 Å². The van der Waals surface area contributed by atoms with Gasteiger partial charge in [0.25, 0.3) is 0 Å². The first-order valence-corrected chi connectivity index (χ1v) is 5.99. The maximum atomic E-state index is 10.9. The van der Waals surface area contributed by atoms with Crippen LogP contribution in [0.5, 0.6) is 5.75 Å². The summed E-state index contributed by atoms with van der Waals surface area (Å²) in [6.07, 6.45) is 0. The second kappa shape index (κ2) is 5.67. The standard InChI is InChI=1S/C13H11ClN2O3/c1-2-19-9-5-3-4-8(6-9)12-15-10(13(17)18)7-11(14)16-12/h3-7H,2H2,1H3,(H,17,18). The third-order valence-electron chi connectivity index (χ3n) is 2.32. The van der Waals surface area contributed by atoms with Crippen molar-refractivity contribution in [3.05, 3.63) is 41.2 Å². The molecule has 0 aliphatic heterocycles. The summed E-state index contributed by atoms with van der Waals surface area (Å²) in [6, 6.07) is 8.29. The van der Waals surface area contributed by atoms with Crippen LogP contribution in [0.4, 0.5) is 0 Å². The lowest BCUT2D eigenvalue weighted by atomic mass is 10.2. The lowest BCUT2D eigenvalue weighted by molar-refractivity contribution is 0.0690. The Bertz CT molecular complexity index is 617. The molecule has 0 aliphatic rings. The zero-order chi connectivity index (χ0) is 13.8. The second-order valence-corrected chi connectivity index (χ2v) is 4.05. The van der Waals surface area contributed by atoms with Crippen molar-refractivity contribution >= 4 is 17.6 Å². The fourth-order valence-corrected chi connectivity index (χ4v) is 1.73. The van der Waals surface area contributed by atoms with Gasteiger partial charge in [0.05, 0.1) is 6.61 Å². The van der Waals surface area contributed by atoms with Crippen molar-refractivity contribution in [2.24, 2.45) is 0 Å². The van der Waals surface area contributed by atoms with E-state index in [1.54, 1.807) is 24.3 Å². The molecule has 6 heteroatoms. The van der Waals surface area contributed by atoms with Crippen molar-refractivity contribution in [1.29, 1.82) is 0 Å². The van der Waals surface area contributed by atoms with E-state index >= 15 is 0 Å². The lowest BCUT2D eigenvalue weighted by Crippen LogP contribution is -2.03. The molecule has 1 heterocycles. The number of aromatic carboxylic acids is 1. The highest BCUT2D eigenvalue weighted by Crippen LogP contribution is 2.22. The zero-order valence-electron chi connectivity index (χ0n) is 10.1. The summed E-state index contributed by atoms with van der Waals surface area (Å²) in [5.41, 5.74) is 0.507. The van der Waals surface area contributed by atoms with E-state index in [0.29, 0.717) is 17.9 Å². The number of carboxylic acid groups (broad SMARTS) is 1. The monoisotopic (exact) mass is 278 g/mol. The van der Waals surface area contributed by atoms with Crippen LogP contribution in [0.25, 0.3) is 11.4 Å². The number of carbonyl (C=O) groups is 1. The molecule has 0 unspecified atom stereocenters. The molecule has 2 rings (SSSR count). The lowest BCUT2D eigenvalue weighted by Gasteiger charge is -2.06. The van der Waals surface area contributed by atoms with Gasteiger partial charge in [-0.2, -0.15) is 0 Å². The van der Waals surface area contributed by atoms with Crippen LogP contribution in [-0.4, -0.2) is 27.7 Å². The molecule has 5 nitrogen and oxygen atoms in total. The number of aromatic nitrogens is 2. The molecule has 0 spiro atoms. The van der Waals surface area contributed by atoms with Crippen LogP contribution in [0.15, 0.2) is 30.3 Å². The molecule has 0 bridgehead atoms. The van der Waals surface area contributed by atoms with Crippen LogP contribution in [0.3, 0.4) is 0 Å². The summed E-state index contributed by atoms with van der Waals surface area (Å²) in [6.45, 7) is 2.42. The van der Waals surface area contributed by atoms with Gasteiger partial charge >= 0.3 is 5.97 Å². The van der Waals surface area contributed by atoms with Crippen molar-refractivity contribution < 1.29 is 14.6 Å². The number of carboxylic acids is 1. The van der Waals surface area contributed by atoms with Crippen molar-refractivity contribution in [2.75, 3.05) is 6.61 Å². The molecule has 98 valence electrons. The summed E-state index contributed by atoms with van der Waals surface area (Å²) < 4.78 is 5.37. The van der Waals surface area contributed by atoms with Gasteiger partial charge in [-0.15, -0.1) is 0 Å². The normalized spacial score (nSPS) is 10.2. The van der Waals surface area contributed by atoms with E-state index in [4.69, 9.17) is 21.4 Å². The van der Waals surface area contributed by atoms with Crippen molar-refractivity contribution in [2.45, 2.75) is 6.92 Å². The van der Waals surface area contributed by atoms with E-state index in [0.717, 1.165) is 0 Å². The molecule has 0 atom stereocenters. The molecule has 1 aromatic heterocycles. The fraction of sp³-hybridized carbons (Fsp3) is 0.154. The molecule has 0 saturated carbocycles. The molecule has 0 radical (unpaired) electrons. The number of hydrogen-bond donors (Lipinski definition) is 1. The highest BCUT2D eigenvalue weighted by molar-refractivity contribution is 6.29. The molecule has 1 N–H and O–H groups in total. The first-order chi connectivity index (χ1) is 9.10. The number of hydrogen-bond acceptors (Lipinski definition) is 4. The second-order valence-electron chi connectivity index (χ2n) is 3.67. The van der Waals surface area contributed by atoms with Gasteiger partial charge in [0.2, 0.25) is 0 Å². The predicted molar refractivity (Wildman–Crippen MR) is 70.6 cm³/mol. The third-order valence-corrected chi connectivity index (χ3v) is 2.51. The van der Waals surface area contributed by atoms with E-state index in [2.05, 4.69) is 9.97 Å². The summed E-state index contributed by atoms with van der Waals surface area (Å²) in [4.78, 5) is 18.9. The Morgan fingerprint density at radius 1 is 1.37 bits per heavy atom. The minimum atomic E-state index is -1.15. The Morgan fingerprint density at radius 3 is 2.84 bits per heavy atom. The Hall–Kier alpha value is -2.14. The minimum Gasteiger partial charge on any atom is -0.494 e. The maximum Gasteiger partial charge on any atom is 0.354 e. The molecule has 0 amide bonds. The first kappa shape index (κ1) is 13.3. The first-order valence-electron chi connectivity index (χ1n) is 5.61. The van der Waals surface area contributed by atoms with Crippen molar-refractivity contribution in [1.82, 2.24) is 9.97 Å². The Kier molecular flexibility index (Phi) is 3.97. The van der Waals surface area contributed by atoms with Crippen LogP contribution in [-0.2, 0) is 0 Å². The van der Waals surface area contributed by atoms with Gasteiger partial charge in [-0.1, -0.05) is 23.7 Å². The Labute approximate surface area is 114 Å². The van der Waals surface area contributed by atoms with Crippen molar-refractivity contribution in [3.63, 3.8) is 0 Å². The number of halogens is 1. The number of benzene rings is 1. The van der Waals surface area contributed by atoms with E-state index in [1.165, 1.54) is 6.07 Å². The van der Waals surface area contributed by atoms with Crippen molar-refractivity contribution in [3.8, 4) is 17.1 Å². The van der Waals surface area contributed by atoms with Crippen LogP contribution in [0.1, 0.15) is 17.4 Å². The molecular formula is C13H11ClN2O3. The average molecular weight is 279 g/mol. The van der Waals surface area contributed by atoms with Gasteiger partial charge in [0.1, 0.15) is 10.9 Å². The molecule has 0 saturated heterocycles. The zero-order valence-corrected chi connectivity index (χ0v) is 10.9. The summed E-state index contributed by atoms with van der Waals surface area (Å²) in [5.74, 6) is -0.224. The fourth-order valence-electron chi connectivity index (χ4n) is 1.55. The topological polar surface area (TPSA) is 72.3 Å². The molecule has 19 heavy (non-hydrogen) atoms. The van der Waals surface area contributed by atoms with Gasteiger partial charge in [-0.25, -0.2) is 14.8 Å². The van der Waals surface area contributed by atoms with Gasteiger partial charge in [0, 0.05) is 11.6 Å². The van der Waals surface area contributed by atoms with Crippen LogP contribution in [0.2, 0.25) is 5.15 Å². The summed E-state index contributed by atoms with van der Waals surface area (Å²) in [7, 11) is 0.